The SMILES string of the molecule is CC(C)(C)c1nnc(Sc2ncnc3sc4c(c23)CCC4)n1N. The topological polar surface area (TPSA) is 82.5 Å². The maximum atomic E-state index is 6.20. The predicted octanol–water partition coefficient (Wildman–Crippen LogP) is 2.93. The maximum absolute atomic E-state index is 6.20. The van der Waals surface area contributed by atoms with Crippen LogP contribution in [-0.4, -0.2) is 24.8 Å². The molecule has 0 aromatic carbocycles. The van der Waals surface area contributed by atoms with Crippen molar-refractivity contribution in [3.05, 3.63) is 22.6 Å². The van der Waals surface area contributed by atoms with Gasteiger partial charge in [-0.05, 0) is 36.6 Å². The Morgan fingerprint density at radius 1 is 1.22 bits per heavy atom. The van der Waals surface area contributed by atoms with Crippen molar-refractivity contribution in [1.29, 1.82) is 0 Å². The summed E-state index contributed by atoms with van der Waals surface area (Å²) in [6.45, 7) is 6.22. The highest BCUT2D eigenvalue weighted by atomic mass is 32.2. The van der Waals surface area contributed by atoms with Crippen LogP contribution in [0.25, 0.3) is 10.2 Å². The molecule has 0 radical (unpaired) electrons. The highest BCUT2D eigenvalue weighted by Crippen LogP contribution is 2.41. The minimum atomic E-state index is -0.148. The smallest absolute Gasteiger partial charge is 0.216 e. The molecule has 0 atom stereocenters. The van der Waals surface area contributed by atoms with Gasteiger partial charge < -0.3 is 5.84 Å². The van der Waals surface area contributed by atoms with E-state index >= 15 is 0 Å². The standard InChI is InChI=1S/C15H18N6S2/c1-15(2,3)13-19-20-14(21(13)16)23-12-10-8-5-4-6-9(8)22-11(10)17-7-18-12/h7H,4-6,16H2,1-3H3. The van der Waals surface area contributed by atoms with E-state index in [1.165, 1.54) is 34.0 Å². The average Bonchev–Trinajstić information content (AvgIpc) is 3.13. The van der Waals surface area contributed by atoms with Gasteiger partial charge in [0.1, 0.15) is 16.2 Å². The highest BCUT2D eigenvalue weighted by Gasteiger charge is 2.25. The lowest BCUT2D eigenvalue weighted by atomic mass is 9.96. The molecule has 6 nitrogen and oxygen atoms in total. The van der Waals surface area contributed by atoms with E-state index in [4.69, 9.17) is 5.84 Å². The van der Waals surface area contributed by atoms with E-state index in [1.54, 1.807) is 22.3 Å². The van der Waals surface area contributed by atoms with E-state index in [1.807, 2.05) is 0 Å². The number of rotatable bonds is 2. The van der Waals surface area contributed by atoms with Crippen LogP contribution in [0, 0.1) is 0 Å². The summed E-state index contributed by atoms with van der Waals surface area (Å²) in [6, 6.07) is 0. The number of nitrogens with zero attached hydrogens (tertiary/aromatic N) is 5. The van der Waals surface area contributed by atoms with Gasteiger partial charge in [-0.15, -0.1) is 21.5 Å². The molecule has 1 aliphatic carbocycles. The quantitative estimate of drug-likeness (QED) is 0.567. The summed E-state index contributed by atoms with van der Waals surface area (Å²) in [5.74, 6) is 6.96. The third-order valence-corrected chi connectivity index (χ3v) is 6.15. The van der Waals surface area contributed by atoms with Crippen LogP contribution >= 0.6 is 23.1 Å². The molecule has 3 aromatic heterocycles. The van der Waals surface area contributed by atoms with Crippen LogP contribution in [0.1, 0.15) is 43.5 Å². The van der Waals surface area contributed by atoms with Gasteiger partial charge in [-0.25, -0.2) is 14.6 Å². The molecule has 0 saturated heterocycles. The number of nitrogens with two attached hydrogens (primary N) is 1. The van der Waals surface area contributed by atoms with Crippen molar-refractivity contribution in [2.45, 2.75) is 55.6 Å². The van der Waals surface area contributed by atoms with Gasteiger partial charge in [-0.2, -0.15) is 0 Å². The first-order valence-corrected chi connectivity index (χ1v) is 9.22. The van der Waals surface area contributed by atoms with Crippen molar-refractivity contribution in [1.82, 2.24) is 24.8 Å². The minimum absolute atomic E-state index is 0.148. The number of hydrogen-bond acceptors (Lipinski definition) is 7. The molecule has 0 unspecified atom stereocenters. The Kier molecular flexibility index (Phi) is 3.35. The fraction of sp³-hybridized carbons (Fsp3) is 0.467. The molecule has 3 heterocycles. The minimum Gasteiger partial charge on any atom is -0.336 e. The second-order valence-corrected chi connectivity index (χ2v) is 8.78. The lowest BCUT2D eigenvalue weighted by Crippen LogP contribution is -2.24. The Bertz CT molecular complexity index is 889. The van der Waals surface area contributed by atoms with Gasteiger partial charge in [0.05, 0.1) is 0 Å². The van der Waals surface area contributed by atoms with Crippen LogP contribution in [0.3, 0.4) is 0 Å². The van der Waals surface area contributed by atoms with Crippen LogP contribution in [0.4, 0.5) is 0 Å². The van der Waals surface area contributed by atoms with Crippen LogP contribution in [0.5, 0.6) is 0 Å². The highest BCUT2D eigenvalue weighted by molar-refractivity contribution is 7.99. The molecular formula is C15H18N6S2. The zero-order valence-electron chi connectivity index (χ0n) is 13.3. The molecule has 0 saturated carbocycles. The van der Waals surface area contributed by atoms with E-state index in [0.29, 0.717) is 5.16 Å². The summed E-state index contributed by atoms with van der Waals surface area (Å²) < 4.78 is 1.57. The Hall–Kier alpha value is -1.67. The fourth-order valence-electron chi connectivity index (χ4n) is 2.92. The number of aromatic nitrogens is 5. The van der Waals surface area contributed by atoms with Gasteiger partial charge in [0.25, 0.3) is 0 Å². The van der Waals surface area contributed by atoms with Crippen molar-refractivity contribution in [3.63, 3.8) is 0 Å². The number of hydrogen-bond donors (Lipinski definition) is 1. The van der Waals surface area contributed by atoms with Crippen molar-refractivity contribution in [2.24, 2.45) is 0 Å². The van der Waals surface area contributed by atoms with Gasteiger partial charge in [-0.1, -0.05) is 20.8 Å². The first-order valence-electron chi connectivity index (χ1n) is 7.59. The molecule has 2 N–H and O–H groups in total. The predicted molar refractivity (Wildman–Crippen MR) is 92.4 cm³/mol. The van der Waals surface area contributed by atoms with Crippen LogP contribution in [0.2, 0.25) is 0 Å². The number of fused-ring (bicyclic) bond motifs is 3. The first kappa shape index (κ1) is 14.9. The number of aryl methyl sites for hydroxylation is 2. The number of thiophene rings is 1. The third kappa shape index (κ3) is 2.40. The Morgan fingerprint density at radius 3 is 2.78 bits per heavy atom. The van der Waals surface area contributed by atoms with Crippen molar-refractivity contribution < 1.29 is 0 Å². The molecule has 23 heavy (non-hydrogen) atoms. The molecule has 0 amide bonds. The summed E-state index contributed by atoms with van der Waals surface area (Å²) in [6.07, 6.45) is 5.11. The molecule has 3 aromatic rings. The second-order valence-electron chi connectivity index (χ2n) is 6.74. The van der Waals surface area contributed by atoms with E-state index < -0.39 is 0 Å². The van der Waals surface area contributed by atoms with E-state index in [0.717, 1.165) is 28.5 Å². The van der Waals surface area contributed by atoms with Crippen LogP contribution in [-0.2, 0) is 18.3 Å². The van der Waals surface area contributed by atoms with Gasteiger partial charge in [0.2, 0.25) is 5.16 Å². The van der Waals surface area contributed by atoms with Gasteiger partial charge in [0, 0.05) is 15.7 Å². The third-order valence-electron chi connectivity index (χ3n) is 3.99. The lowest BCUT2D eigenvalue weighted by Gasteiger charge is -2.16. The fourth-order valence-corrected chi connectivity index (χ4v) is 5.08. The van der Waals surface area contributed by atoms with Crippen LogP contribution < -0.4 is 5.84 Å². The van der Waals surface area contributed by atoms with Gasteiger partial charge in [-0.3, -0.25) is 0 Å². The summed E-state index contributed by atoms with van der Waals surface area (Å²) in [4.78, 5) is 11.4. The molecular weight excluding hydrogens is 328 g/mol. The molecule has 8 heteroatoms. The molecule has 120 valence electrons. The number of nitrogen functional groups attached to an aromatic ring is 1. The first-order chi connectivity index (χ1) is 10.9. The van der Waals surface area contributed by atoms with Crippen molar-refractivity contribution in [2.75, 3.05) is 5.84 Å². The van der Waals surface area contributed by atoms with Crippen molar-refractivity contribution in [3.8, 4) is 0 Å². The largest absolute Gasteiger partial charge is 0.336 e. The van der Waals surface area contributed by atoms with Crippen LogP contribution in [0.15, 0.2) is 16.5 Å². The van der Waals surface area contributed by atoms with Gasteiger partial charge >= 0.3 is 0 Å². The second kappa shape index (κ2) is 5.17. The van der Waals surface area contributed by atoms with Gasteiger partial charge in [0.15, 0.2) is 5.82 Å². The molecule has 0 bridgehead atoms. The molecule has 0 aliphatic heterocycles. The molecule has 0 fully saturated rings. The summed E-state index contributed by atoms with van der Waals surface area (Å²) in [5.41, 5.74) is 1.26. The zero-order chi connectivity index (χ0) is 16.2. The van der Waals surface area contributed by atoms with E-state index in [-0.39, 0.29) is 5.41 Å². The van der Waals surface area contributed by atoms with Crippen molar-refractivity contribution >= 4 is 33.3 Å². The molecule has 0 spiro atoms. The summed E-state index contributed by atoms with van der Waals surface area (Å²) >= 11 is 3.26. The molecule has 4 rings (SSSR count). The normalized spacial score (nSPS) is 14.6. The average molecular weight is 346 g/mol. The maximum Gasteiger partial charge on any atom is 0.216 e. The molecule has 1 aliphatic rings. The Balaban J connectivity index is 1.78. The van der Waals surface area contributed by atoms with E-state index in [2.05, 4.69) is 40.9 Å². The Morgan fingerprint density at radius 2 is 2.04 bits per heavy atom. The lowest BCUT2D eigenvalue weighted by molar-refractivity contribution is 0.523. The summed E-state index contributed by atoms with van der Waals surface area (Å²) in [5, 5.41) is 11.3. The summed E-state index contributed by atoms with van der Waals surface area (Å²) in [7, 11) is 0. The van der Waals surface area contributed by atoms with E-state index in [9.17, 15) is 0 Å². The monoisotopic (exact) mass is 346 g/mol. The Labute approximate surface area is 142 Å². The zero-order valence-corrected chi connectivity index (χ0v) is 15.0.